The molecule has 3 atom stereocenters. The molecule has 35 heavy (non-hydrogen) atoms. The van der Waals surface area contributed by atoms with Crippen LogP contribution in [0, 0.1) is 17.3 Å². The third-order valence-electron chi connectivity index (χ3n) is 8.56. The van der Waals surface area contributed by atoms with Gasteiger partial charge in [0.1, 0.15) is 12.5 Å². The van der Waals surface area contributed by atoms with E-state index >= 15 is 0 Å². The first-order valence-electron chi connectivity index (χ1n) is 13.5. The standard InChI is InChI=1S/C25H44ClFN4O4/c26-20-12-28-24(29-13-20)30-7-5-18(6-8-30)2-1-9-35-21-4-3-19(22(27)11-21)10-23(34)31-14-25(15-31,16-32)17-33/h18-22,24,28-29,32-33H,1-17H2. The van der Waals surface area contributed by atoms with Crippen LogP contribution in [0.1, 0.15) is 51.4 Å². The maximum Gasteiger partial charge on any atom is 0.222 e. The van der Waals surface area contributed by atoms with E-state index in [2.05, 4.69) is 15.5 Å². The normalized spacial score (nSPS) is 34.5. The Kier molecular flexibility index (Phi) is 10.1. The molecule has 0 aromatic heterocycles. The molecule has 4 N–H and O–H groups in total. The molecule has 3 saturated heterocycles. The second-order valence-electron chi connectivity index (χ2n) is 11.3. The number of nitrogens with one attached hydrogen (secondary N) is 2. The van der Waals surface area contributed by atoms with Crippen LogP contribution >= 0.6 is 11.6 Å². The molecule has 3 heterocycles. The van der Waals surface area contributed by atoms with Crippen LogP contribution in [0.15, 0.2) is 0 Å². The van der Waals surface area contributed by atoms with Crippen LogP contribution in [0.25, 0.3) is 0 Å². The summed E-state index contributed by atoms with van der Waals surface area (Å²) in [5.74, 6) is 0.403. The Morgan fingerprint density at radius 1 is 1.09 bits per heavy atom. The summed E-state index contributed by atoms with van der Waals surface area (Å²) in [6, 6.07) is 0. The van der Waals surface area contributed by atoms with Gasteiger partial charge in [0.2, 0.25) is 5.91 Å². The van der Waals surface area contributed by atoms with E-state index in [0.29, 0.717) is 32.5 Å². The zero-order valence-corrected chi connectivity index (χ0v) is 21.6. The number of likely N-dealkylation sites (tertiary alicyclic amines) is 2. The van der Waals surface area contributed by atoms with E-state index in [1.807, 2.05) is 0 Å². The van der Waals surface area contributed by atoms with Crippen molar-refractivity contribution in [2.75, 3.05) is 59.1 Å². The van der Waals surface area contributed by atoms with Gasteiger partial charge in [0.15, 0.2) is 0 Å². The van der Waals surface area contributed by atoms with E-state index in [4.69, 9.17) is 16.3 Å². The Morgan fingerprint density at radius 2 is 1.77 bits per heavy atom. The van der Waals surface area contributed by atoms with Crippen molar-refractivity contribution in [3.8, 4) is 0 Å². The molecule has 1 aliphatic carbocycles. The molecule has 4 aliphatic rings. The summed E-state index contributed by atoms with van der Waals surface area (Å²) in [5.41, 5.74) is -0.578. The fourth-order valence-electron chi connectivity index (χ4n) is 6.07. The van der Waals surface area contributed by atoms with Gasteiger partial charge in [-0.2, -0.15) is 0 Å². The number of amides is 1. The fourth-order valence-corrected chi connectivity index (χ4v) is 6.25. The Morgan fingerprint density at radius 3 is 2.40 bits per heavy atom. The molecular weight excluding hydrogens is 475 g/mol. The van der Waals surface area contributed by atoms with Gasteiger partial charge in [-0.1, -0.05) is 0 Å². The van der Waals surface area contributed by atoms with Crippen molar-refractivity contribution in [1.29, 1.82) is 0 Å². The molecule has 1 amide bonds. The zero-order valence-electron chi connectivity index (χ0n) is 20.8. The van der Waals surface area contributed by atoms with Crippen LogP contribution in [-0.4, -0.2) is 109 Å². The first kappa shape index (κ1) is 27.5. The highest BCUT2D eigenvalue weighted by Gasteiger charge is 2.45. The number of carbonyl (C=O) groups excluding carboxylic acids is 1. The topological polar surface area (TPSA) is 97.3 Å². The summed E-state index contributed by atoms with van der Waals surface area (Å²) in [6.07, 6.45) is 5.80. The van der Waals surface area contributed by atoms with Crippen LogP contribution < -0.4 is 10.6 Å². The van der Waals surface area contributed by atoms with E-state index in [1.165, 1.54) is 12.8 Å². The Balaban J connectivity index is 1.05. The van der Waals surface area contributed by atoms with Crippen molar-refractivity contribution in [2.24, 2.45) is 17.3 Å². The minimum absolute atomic E-state index is 0.0483. The Bertz CT molecular complexity index is 664. The van der Waals surface area contributed by atoms with Crippen molar-refractivity contribution in [3.05, 3.63) is 0 Å². The lowest BCUT2D eigenvalue weighted by Gasteiger charge is -2.48. The molecule has 10 heteroatoms. The lowest BCUT2D eigenvalue weighted by atomic mass is 9.79. The van der Waals surface area contributed by atoms with Crippen LogP contribution in [0.3, 0.4) is 0 Å². The van der Waals surface area contributed by atoms with E-state index in [-0.39, 0.29) is 49.2 Å². The summed E-state index contributed by atoms with van der Waals surface area (Å²) in [7, 11) is 0. The molecule has 8 nitrogen and oxygen atoms in total. The number of hydrogen-bond acceptors (Lipinski definition) is 7. The van der Waals surface area contributed by atoms with Crippen LogP contribution in [0.4, 0.5) is 4.39 Å². The van der Waals surface area contributed by atoms with Gasteiger partial charge < -0.3 is 19.8 Å². The largest absolute Gasteiger partial charge is 0.396 e. The predicted molar refractivity (Wildman–Crippen MR) is 133 cm³/mol. The molecular formula is C25H44ClFN4O4. The fraction of sp³-hybridized carbons (Fsp3) is 0.960. The summed E-state index contributed by atoms with van der Waals surface area (Å²) in [6.45, 7) is 5.01. The maximum atomic E-state index is 14.8. The van der Waals surface area contributed by atoms with Crippen molar-refractivity contribution in [3.63, 3.8) is 0 Å². The first-order valence-corrected chi connectivity index (χ1v) is 13.9. The molecule has 4 rings (SSSR count). The minimum atomic E-state index is -1.01. The zero-order chi connectivity index (χ0) is 24.8. The third-order valence-corrected chi connectivity index (χ3v) is 8.87. The molecule has 202 valence electrons. The lowest BCUT2D eigenvalue weighted by Crippen LogP contribution is -2.62. The van der Waals surface area contributed by atoms with Gasteiger partial charge in [-0.3, -0.25) is 20.3 Å². The number of piperidine rings is 1. The van der Waals surface area contributed by atoms with Crippen LogP contribution in [-0.2, 0) is 9.53 Å². The smallest absolute Gasteiger partial charge is 0.222 e. The minimum Gasteiger partial charge on any atom is -0.396 e. The number of aliphatic hydroxyl groups is 2. The predicted octanol–water partition coefficient (Wildman–Crippen LogP) is 1.29. The SMILES string of the molecule is O=C(CC1CCC(OCCCC2CCN(C3NCC(Cl)CN3)CC2)CC1F)N1CC(CO)(CO)C1. The summed E-state index contributed by atoms with van der Waals surface area (Å²) in [5, 5.41) is 25.9. The Labute approximate surface area is 213 Å². The molecule has 4 fully saturated rings. The van der Waals surface area contributed by atoms with E-state index in [1.54, 1.807) is 4.90 Å². The van der Waals surface area contributed by atoms with E-state index in [9.17, 15) is 19.4 Å². The van der Waals surface area contributed by atoms with Gasteiger partial charge in [-0.15, -0.1) is 11.6 Å². The van der Waals surface area contributed by atoms with Crippen molar-refractivity contribution in [1.82, 2.24) is 20.4 Å². The summed E-state index contributed by atoms with van der Waals surface area (Å²) >= 11 is 6.14. The molecule has 1 saturated carbocycles. The monoisotopic (exact) mass is 518 g/mol. The van der Waals surface area contributed by atoms with E-state index in [0.717, 1.165) is 51.4 Å². The van der Waals surface area contributed by atoms with Gasteiger partial charge >= 0.3 is 0 Å². The quantitative estimate of drug-likeness (QED) is 0.255. The van der Waals surface area contributed by atoms with Gasteiger partial charge in [-0.25, -0.2) is 4.39 Å². The molecule has 0 radical (unpaired) electrons. The highest BCUT2D eigenvalue weighted by molar-refractivity contribution is 6.21. The van der Waals surface area contributed by atoms with Gasteiger partial charge in [0.05, 0.1) is 30.1 Å². The highest BCUT2D eigenvalue weighted by Crippen LogP contribution is 2.35. The number of carbonyl (C=O) groups is 1. The molecule has 3 aliphatic heterocycles. The van der Waals surface area contributed by atoms with Crippen molar-refractivity contribution >= 4 is 17.5 Å². The number of ether oxygens (including phenoxy) is 1. The highest BCUT2D eigenvalue weighted by atomic mass is 35.5. The summed E-state index contributed by atoms with van der Waals surface area (Å²) < 4.78 is 20.8. The Hall–Kier alpha value is -0.550. The van der Waals surface area contributed by atoms with Gasteiger partial charge in [0, 0.05) is 58.7 Å². The van der Waals surface area contributed by atoms with Crippen molar-refractivity contribution < 1.29 is 24.1 Å². The maximum absolute atomic E-state index is 14.8. The van der Waals surface area contributed by atoms with Crippen LogP contribution in [0.5, 0.6) is 0 Å². The number of nitrogens with zero attached hydrogens (tertiary/aromatic N) is 2. The molecule has 0 spiro atoms. The summed E-state index contributed by atoms with van der Waals surface area (Å²) in [4.78, 5) is 16.6. The molecule has 0 aromatic carbocycles. The molecule has 0 aromatic rings. The number of rotatable bonds is 10. The molecule has 3 unspecified atom stereocenters. The second-order valence-corrected chi connectivity index (χ2v) is 11.9. The average Bonchev–Trinajstić information content (AvgIpc) is 2.84. The number of hydrogen-bond donors (Lipinski definition) is 4. The number of halogens is 2. The van der Waals surface area contributed by atoms with Crippen LogP contribution in [0.2, 0.25) is 0 Å². The number of aliphatic hydroxyl groups excluding tert-OH is 2. The van der Waals surface area contributed by atoms with Gasteiger partial charge in [-0.05, 0) is 50.4 Å². The van der Waals surface area contributed by atoms with Crippen molar-refractivity contribution in [2.45, 2.75) is 75.3 Å². The van der Waals surface area contributed by atoms with E-state index < -0.39 is 11.6 Å². The lowest BCUT2D eigenvalue weighted by molar-refractivity contribution is -0.152. The van der Waals surface area contributed by atoms with Gasteiger partial charge in [0.25, 0.3) is 0 Å². The third kappa shape index (κ3) is 7.27. The molecule has 0 bridgehead atoms. The average molecular weight is 519 g/mol. The first-order chi connectivity index (χ1) is 16.9. The number of alkyl halides is 2. The second kappa shape index (κ2) is 12.8.